The van der Waals surface area contributed by atoms with Crippen molar-refractivity contribution in [1.29, 1.82) is 0 Å². The molecule has 25 heavy (non-hydrogen) atoms. The summed E-state index contributed by atoms with van der Waals surface area (Å²) in [6, 6.07) is 13.0. The van der Waals surface area contributed by atoms with Crippen LogP contribution in [-0.2, 0) is 9.59 Å². The van der Waals surface area contributed by atoms with Crippen LogP contribution in [0.5, 0.6) is 5.75 Å². The zero-order valence-corrected chi connectivity index (χ0v) is 15.7. The Bertz CT molecular complexity index is 706. The number of ether oxygens (including phenoxy) is 1. The van der Waals surface area contributed by atoms with Gasteiger partial charge in [0.2, 0.25) is 0 Å². The van der Waals surface area contributed by atoms with Crippen LogP contribution in [0.1, 0.15) is 20.3 Å². The number of fused-ring (bicyclic) bond motifs is 1. The predicted octanol–water partition coefficient (Wildman–Crippen LogP) is 3.52. The molecule has 0 aromatic heterocycles. The third-order valence-corrected chi connectivity index (χ3v) is 3.96. The summed E-state index contributed by atoms with van der Waals surface area (Å²) in [5.74, 6) is -2.73. The van der Waals surface area contributed by atoms with E-state index in [2.05, 4.69) is 53.3 Å². The second kappa shape index (κ2) is 10.7. The average molecular weight is 412 g/mol. The van der Waals surface area contributed by atoms with Crippen LogP contribution in [0.25, 0.3) is 10.8 Å². The van der Waals surface area contributed by atoms with Crippen molar-refractivity contribution in [2.24, 2.45) is 0 Å². The van der Waals surface area contributed by atoms with E-state index in [9.17, 15) is 0 Å². The van der Waals surface area contributed by atoms with Crippen molar-refractivity contribution in [3.8, 4) is 5.75 Å². The number of benzene rings is 2. The third kappa shape index (κ3) is 7.53. The molecule has 136 valence electrons. The summed E-state index contributed by atoms with van der Waals surface area (Å²) in [6.07, 6.45) is 1.01. The molecule has 0 spiro atoms. The second-order valence-electron chi connectivity index (χ2n) is 5.52. The Balaban J connectivity index is 0.000000450. The molecule has 7 heteroatoms. The Morgan fingerprint density at radius 2 is 1.76 bits per heavy atom. The summed E-state index contributed by atoms with van der Waals surface area (Å²) < 4.78 is 6.88. The topological polar surface area (TPSA) is 95.9 Å². The van der Waals surface area contributed by atoms with Crippen molar-refractivity contribution in [1.82, 2.24) is 5.32 Å². The fourth-order valence-electron chi connectivity index (χ4n) is 1.97. The van der Waals surface area contributed by atoms with Gasteiger partial charge in [0, 0.05) is 6.04 Å². The number of nitrogens with one attached hydrogen (secondary N) is 1. The molecule has 0 saturated carbocycles. The van der Waals surface area contributed by atoms with E-state index in [4.69, 9.17) is 24.5 Å². The van der Waals surface area contributed by atoms with Gasteiger partial charge in [-0.3, -0.25) is 0 Å². The van der Waals surface area contributed by atoms with E-state index in [-0.39, 0.29) is 0 Å². The lowest BCUT2D eigenvalue weighted by Gasteiger charge is -2.11. The number of carboxylic acid groups (broad SMARTS) is 2. The maximum atomic E-state index is 9.10. The number of hydrogen-bond acceptors (Lipinski definition) is 4. The zero-order valence-electron chi connectivity index (χ0n) is 14.2. The third-order valence-electron chi connectivity index (χ3n) is 3.14. The minimum absolute atomic E-state index is 0.535. The van der Waals surface area contributed by atoms with E-state index in [1.165, 1.54) is 10.8 Å². The highest BCUT2D eigenvalue weighted by Gasteiger charge is 2.05. The van der Waals surface area contributed by atoms with E-state index in [1.807, 2.05) is 18.2 Å². The highest BCUT2D eigenvalue weighted by atomic mass is 79.9. The number of rotatable bonds is 6. The largest absolute Gasteiger partial charge is 0.492 e. The first-order chi connectivity index (χ1) is 11.8. The summed E-state index contributed by atoms with van der Waals surface area (Å²) in [5.41, 5.74) is 0. The first kappa shape index (κ1) is 20.9. The van der Waals surface area contributed by atoms with E-state index < -0.39 is 11.9 Å². The fourth-order valence-corrected chi connectivity index (χ4v) is 2.58. The molecule has 0 aliphatic carbocycles. The molecular formula is C18H22BrNO5. The highest BCUT2D eigenvalue weighted by molar-refractivity contribution is 9.10. The molecule has 0 bridgehead atoms. The van der Waals surface area contributed by atoms with E-state index in [1.54, 1.807) is 0 Å². The number of aliphatic carboxylic acids is 2. The molecule has 0 amide bonds. The van der Waals surface area contributed by atoms with Crippen LogP contribution in [0.2, 0.25) is 0 Å². The minimum Gasteiger partial charge on any atom is -0.492 e. The Morgan fingerprint density at radius 3 is 2.36 bits per heavy atom. The van der Waals surface area contributed by atoms with Crippen LogP contribution in [0.15, 0.2) is 40.9 Å². The Hall–Kier alpha value is -2.12. The maximum Gasteiger partial charge on any atom is 0.414 e. The Kier molecular flexibility index (Phi) is 8.94. The normalized spacial score (nSPS) is 10.2. The van der Waals surface area contributed by atoms with Gasteiger partial charge in [-0.15, -0.1) is 0 Å². The van der Waals surface area contributed by atoms with Gasteiger partial charge >= 0.3 is 11.9 Å². The number of carboxylic acids is 2. The van der Waals surface area contributed by atoms with Gasteiger partial charge in [-0.25, -0.2) is 9.59 Å². The Labute approximate surface area is 154 Å². The molecule has 0 aliphatic rings. The number of halogens is 1. The summed E-state index contributed by atoms with van der Waals surface area (Å²) >= 11 is 3.63. The van der Waals surface area contributed by atoms with E-state index >= 15 is 0 Å². The standard InChI is InChI=1S/C16H20BrNO.C2H2O4/c1-12(2)18-10-5-11-19-15-9-8-13-6-3-4-7-14(13)16(15)17;3-1(4)2(5)6/h3-4,6-9,12,18H,5,10-11H2,1-2H3;(H,3,4)(H,5,6). The Morgan fingerprint density at radius 1 is 1.12 bits per heavy atom. The van der Waals surface area contributed by atoms with Crippen molar-refractivity contribution >= 4 is 38.6 Å². The van der Waals surface area contributed by atoms with Crippen LogP contribution in [-0.4, -0.2) is 41.3 Å². The molecule has 2 aromatic rings. The highest BCUT2D eigenvalue weighted by Crippen LogP contribution is 2.32. The molecule has 0 aliphatic heterocycles. The van der Waals surface area contributed by atoms with Crippen LogP contribution >= 0.6 is 15.9 Å². The maximum absolute atomic E-state index is 9.10. The first-order valence-electron chi connectivity index (χ1n) is 7.82. The van der Waals surface area contributed by atoms with Crippen molar-refractivity contribution in [3.63, 3.8) is 0 Å². The lowest BCUT2D eigenvalue weighted by atomic mass is 10.1. The van der Waals surface area contributed by atoms with Crippen LogP contribution < -0.4 is 10.1 Å². The SMILES string of the molecule is CC(C)NCCCOc1ccc2ccccc2c1Br.O=C(O)C(=O)O. The number of carbonyl (C=O) groups is 2. The zero-order chi connectivity index (χ0) is 18.8. The van der Waals surface area contributed by atoms with Gasteiger partial charge in [0.25, 0.3) is 0 Å². The van der Waals surface area contributed by atoms with Gasteiger partial charge in [0.1, 0.15) is 5.75 Å². The predicted molar refractivity (Wildman–Crippen MR) is 100 cm³/mol. The van der Waals surface area contributed by atoms with Crippen molar-refractivity contribution in [2.45, 2.75) is 26.3 Å². The van der Waals surface area contributed by atoms with Gasteiger partial charge in [-0.1, -0.05) is 44.2 Å². The fraction of sp³-hybridized carbons (Fsp3) is 0.333. The van der Waals surface area contributed by atoms with Gasteiger partial charge in [-0.2, -0.15) is 0 Å². The van der Waals surface area contributed by atoms with Crippen molar-refractivity contribution in [2.75, 3.05) is 13.2 Å². The van der Waals surface area contributed by atoms with Gasteiger partial charge in [0.05, 0.1) is 11.1 Å². The smallest absolute Gasteiger partial charge is 0.414 e. The van der Waals surface area contributed by atoms with Crippen LogP contribution in [0.3, 0.4) is 0 Å². The molecule has 0 unspecified atom stereocenters. The average Bonchev–Trinajstić information content (AvgIpc) is 2.57. The summed E-state index contributed by atoms with van der Waals surface area (Å²) in [4.78, 5) is 18.2. The minimum atomic E-state index is -1.82. The van der Waals surface area contributed by atoms with Crippen molar-refractivity contribution < 1.29 is 24.5 Å². The second-order valence-corrected chi connectivity index (χ2v) is 6.31. The van der Waals surface area contributed by atoms with E-state index in [0.29, 0.717) is 6.04 Å². The molecule has 2 rings (SSSR count). The summed E-state index contributed by atoms with van der Waals surface area (Å²) in [7, 11) is 0. The van der Waals surface area contributed by atoms with Gasteiger partial charge in [-0.05, 0) is 45.7 Å². The summed E-state index contributed by atoms with van der Waals surface area (Å²) in [6.45, 7) is 6.03. The molecule has 0 atom stereocenters. The number of hydrogen-bond donors (Lipinski definition) is 3. The van der Waals surface area contributed by atoms with Crippen LogP contribution in [0.4, 0.5) is 0 Å². The molecule has 0 fully saturated rings. The molecule has 0 heterocycles. The molecule has 3 N–H and O–H groups in total. The van der Waals surface area contributed by atoms with Gasteiger partial charge in [0.15, 0.2) is 0 Å². The van der Waals surface area contributed by atoms with Gasteiger partial charge < -0.3 is 20.3 Å². The van der Waals surface area contributed by atoms with Crippen molar-refractivity contribution in [3.05, 3.63) is 40.9 Å². The lowest BCUT2D eigenvalue weighted by molar-refractivity contribution is -0.159. The summed E-state index contributed by atoms with van der Waals surface area (Å²) in [5, 5.41) is 20.6. The monoisotopic (exact) mass is 411 g/mol. The first-order valence-corrected chi connectivity index (χ1v) is 8.62. The van der Waals surface area contributed by atoms with E-state index in [0.717, 1.165) is 29.8 Å². The lowest BCUT2D eigenvalue weighted by Crippen LogP contribution is -2.24. The quantitative estimate of drug-likeness (QED) is 0.496. The van der Waals surface area contributed by atoms with Crippen LogP contribution in [0, 0.1) is 0 Å². The molecule has 6 nitrogen and oxygen atoms in total. The molecular weight excluding hydrogens is 390 g/mol. The molecule has 2 aromatic carbocycles. The molecule has 0 saturated heterocycles. The molecule has 0 radical (unpaired) electrons.